The molecule has 0 atom stereocenters. The van der Waals surface area contributed by atoms with E-state index in [0.29, 0.717) is 6.54 Å². The number of hydrogen-bond donors (Lipinski definition) is 1. The molecule has 3 rings (SSSR count). The number of nitrogens with one attached hydrogen (secondary N) is 1. The van der Waals surface area contributed by atoms with Crippen LogP contribution in [0.5, 0.6) is 0 Å². The molecular weight excluding hydrogens is 399 g/mol. The van der Waals surface area contributed by atoms with Gasteiger partial charge in [0, 0.05) is 25.8 Å². The molecule has 4 nitrogen and oxygen atoms in total. The van der Waals surface area contributed by atoms with E-state index in [0.717, 1.165) is 36.9 Å². The smallest absolute Gasteiger partial charge is 0.194 e. The zero-order valence-electron chi connectivity index (χ0n) is 13.6. The van der Waals surface area contributed by atoms with Gasteiger partial charge in [0.25, 0.3) is 0 Å². The van der Waals surface area contributed by atoms with Gasteiger partial charge in [0.1, 0.15) is 0 Å². The molecule has 0 saturated carbocycles. The predicted molar refractivity (Wildman–Crippen MR) is 105 cm³/mol. The average molecular weight is 422 g/mol. The van der Waals surface area contributed by atoms with E-state index in [4.69, 9.17) is 0 Å². The summed E-state index contributed by atoms with van der Waals surface area (Å²) in [6.45, 7) is 4.63. The SMILES string of the molecule is CN=C(NCc1cccc(C)n1)N1CCc2ccccc2C1.I. The monoisotopic (exact) mass is 422 g/mol. The number of aryl methyl sites for hydroxylation is 1. The van der Waals surface area contributed by atoms with E-state index in [-0.39, 0.29) is 24.0 Å². The molecule has 0 spiro atoms. The Kier molecular flexibility index (Phi) is 6.38. The van der Waals surface area contributed by atoms with Gasteiger partial charge in [-0.1, -0.05) is 30.3 Å². The molecule has 2 aromatic rings. The largest absolute Gasteiger partial charge is 0.351 e. The lowest BCUT2D eigenvalue weighted by atomic mass is 10.0. The van der Waals surface area contributed by atoms with Crippen LogP contribution >= 0.6 is 24.0 Å². The van der Waals surface area contributed by atoms with Crippen molar-refractivity contribution < 1.29 is 0 Å². The molecule has 0 amide bonds. The highest BCUT2D eigenvalue weighted by Gasteiger charge is 2.18. The quantitative estimate of drug-likeness (QED) is 0.459. The lowest BCUT2D eigenvalue weighted by molar-refractivity contribution is 0.378. The highest BCUT2D eigenvalue weighted by Crippen LogP contribution is 2.18. The molecule has 122 valence electrons. The molecule has 1 aromatic heterocycles. The van der Waals surface area contributed by atoms with Gasteiger partial charge in [0.15, 0.2) is 5.96 Å². The molecule has 1 aromatic carbocycles. The van der Waals surface area contributed by atoms with Gasteiger partial charge >= 0.3 is 0 Å². The first-order valence-corrected chi connectivity index (χ1v) is 7.71. The molecule has 0 radical (unpaired) electrons. The second-order valence-electron chi connectivity index (χ2n) is 5.61. The number of nitrogens with zero attached hydrogens (tertiary/aromatic N) is 3. The van der Waals surface area contributed by atoms with Crippen LogP contribution in [0.2, 0.25) is 0 Å². The summed E-state index contributed by atoms with van der Waals surface area (Å²) in [5.41, 5.74) is 4.93. The number of aliphatic imine (C=N–C) groups is 1. The zero-order valence-corrected chi connectivity index (χ0v) is 16.0. The Labute approximate surface area is 155 Å². The van der Waals surface area contributed by atoms with Gasteiger partial charge in [0.2, 0.25) is 0 Å². The standard InChI is InChI=1S/C18H22N4.HI/c1-14-6-5-9-17(21-14)12-20-18(19-2)22-11-10-15-7-3-4-8-16(15)13-22;/h3-9H,10-13H2,1-2H3,(H,19,20);1H. The third-order valence-corrected chi connectivity index (χ3v) is 4.02. The minimum Gasteiger partial charge on any atom is -0.351 e. The number of hydrogen-bond acceptors (Lipinski definition) is 2. The predicted octanol–water partition coefficient (Wildman–Crippen LogP) is 3.14. The van der Waals surface area contributed by atoms with Crippen molar-refractivity contribution in [2.45, 2.75) is 26.4 Å². The third-order valence-electron chi connectivity index (χ3n) is 4.02. The summed E-state index contributed by atoms with van der Waals surface area (Å²) in [5.74, 6) is 0.942. The van der Waals surface area contributed by atoms with Crippen LogP contribution in [0.4, 0.5) is 0 Å². The Morgan fingerprint density at radius 3 is 2.70 bits per heavy atom. The molecule has 23 heavy (non-hydrogen) atoms. The van der Waals surface area contributed by atoms with Gasteiger partial charge in [-0.05, 0) is 36.6 Å². The van der Waals surface area contributed by atoms with Crippen LogP contribution < -0.4 is 5.32 Å². The van der Waals surface area contributed by atoms with E-state index < -0.39 is 0 Å². The fourth-order valence-electron chi connectivity index (χ4n) is 2.88. The Morgan fingerprint density at radius 1 is 1.17 bits per heavy atom. The van der Waals surface area contributed by atoms with E-state index in [9.17, 15) is 0 Å². The highest BCUT2D eigenvalue weighted by atomic mass is 127. The third kappa shape index (κ3) is 4.43. The van der Waals surface area contributed by atoms with Crippen LogP contribution in [-0.4, -0.2) is 29.4 Å². The van der Waals surface area contributed by atoms with Crippen LogP contribution in [0.3, 0.4) is 0 Å². The molecule has 0 aliphatic carbocycles. The fraction of sp³-hybridized carbons (Fsp3) is 0.333. The summed E-state index contributed by atoms with van der Waals surface area (Å²) in [7, 11) is 1.84. The molecule has 0 fully saturated rings. The van der Waals surface area contributed by atoms with E-state index >= 15 is 0 Å². The molecule has 5 heteroatoms. The Morgan fingerprint density at radius 2 is 1.96 bits per heavy atom. The van der Waals surface area contributed by atoms with Crippen LogP contribution in [0, 0.1) is 6.92 Å². The first-order chi connectivity index (χ1) is 10.8. The van der Waals surface area contributed by atoms with Crippen molar-refractivity contribution in [3.8, 4) is 0 Å². The number of halogens is 1. The van der Waals surface area contributed by atoms with Crippen molar-refractivity contribution in [1.29, 1.82) is 0 Å². The summed E-state index contributed by atoms with van der Waals surface area (Å²) in [6, 6.07) is 14.7. The Hall–Kier alpha value is -1.63. The molecule has 0 unspecified atom stereocenters. The zero-order chi connectivity index (χ0) is 15.4. The summed E-state index contributed by atoms with van der Waals surface area (Å²) < 4.78 is 0. The summed E-state index contributed by atoms with van der Waals surface area (Å²) in [5, 5.41) is 3.43. The molecule has 0 saturated heterocycles. The lowest BCUT2D eigenvalue weighted by Gasteiger charge is -2.31. The topological polar surface area (TPSA) is 40.5 Å². The fourth-order valence-corrected chi connectivity index (χ4v) is 2.88. The molecule has 1 aliphatic heterocycles. The maximum atomic E-state index is 4.52. The van der Waals surface area contributed by atoms with Gasteiger partial charge < -0.3 is 10.2 Å². The van der Waals surface area contributed by atoms with Crippen LogP contribution in [0.1, 0.15) is 22.5 Å². The number of guanidine groups is 1. The lowest BCUT2D eigenvalue weighted by Crippen LogP contribution is -2.43. The van der Waals surface area contributed by atoms with Gasteiger partial charge in [0.05, 0.1) is 12.2 Å². The van der Waals surface area contributed by atoms with Gasteiger partial charge in [-0.25, -0.2) is 0 Å². The van der Waals surface area contributed by atoms with Crippen LogP contribution in [0.15, 0.2) is 47.5 Å². The maximum absolute atomic E-state index is 4.52. The van der Waals surface area contributed by atoms with E-state index in [1.54, 1.807) is 0 Å². The maximum Gasteiger partial charge on any atom is 0.194 e. The van der Waals surface area contributed by atoms with Gasteiger partial charge in [-0.2, -0.15) is 0 Å². The van der Waals surface area contributed by atoms with Gasteiger partial charge in [-0.3, -0.25) is 9.98 Å². The molecule has 1 N–H and O–H groups in total. The van der Waals surface area contributed by atoms with E-state index in [1.165, 1.54) is 11.1 Å². The second kappa shape index (κ2) is 8.29. The van der Waals surface area contributed by atoms with E-state index in [1.807, 2.05) is 32.2 Å². The minimum absolute atomic E-state index is 0. The minimum atomic E-state index is 0. The Bertz CT molecular complexity index is 684. The van der Waals surface area contributed by atoms with Crippen LogP contribution in [-0.2, 0) is 19.5 Å². The Balaban J connectivity index is 0.00000192. The number of benzene rings is 1. The average Bonchev–Trinajstić information content (AvgIpc) is 2.55. The summed E-state index contributed by atoms with van der Waals surface area (Å²) in [4.78, 5) is 11.3. The number of fused-ring (bicyclic) bond motifs is 1. The van der Waals surface area contributed by atoms with Gasteiger partial charge in [-0.15, -0.1) is 24.0 Å². The van der Waals surface area contributed by atoms with Crippen molar-refractivity contribution in [2.24, 2.45) is 4.99 Å². The number of aromatic nitrogens is 1. The van der Waals surface area contributed by atoms with Crippen LogP contribution in [0.25, 0.3) is 0 Å². The molecular formula is C18H23IN4. The summed E-state index contributed by atoms with van der Waals surface area (Å²) in [6.07, 6.45) is 1.07. The first-order valence-electron chi connectivity index (χ1n) is 7.71. The number of pyridine rings is 1. The van der Waals surface area contributed by atoms with Crippen molar-refractivity contribution in [1.82, 2.24) is 15.2 Å². The van der Waals surface area contributed by atoms with Crippen molar-refractivity contribution in [3.63, 3.8) is 0 Å². The van der Waals surface area contributed by atoms with E-state index in [2.05, 4.69) is 44.5 Å². The first kappa shape index (κ1) is 17.7. The highest BCUT2D eigenvalue weighted by molar-refractivity contribution is 14.0. The number of rotatable bonds is 2. The normalized spacial score (nSPS) is 14.0. The molecule has 0 bridgehead atoms. The summed E-state index contributed by atoms with van der Waals surface area (Å²) >= 11 is 0. The van der Waals surface area contributed by atoms with Crippen molar-refractivity contribution in [2.75, 3.05) is 13.6 Å². The molecule has 1 aliphatic rings. The van der Waals surface area contributed by atoms with Crippen molar-refractivity contribution in [3.05, 3.63) is 65.0 Å². The van der Waals surface area contributed by atoms with Crippen molar-refractivity contribution >= 4 is 29.9 Å². The molecule has 2 heterocycles. The second-order valence-corrected chi connectivity index (χ2v) is 5.61.